The molecule has 0 bridgehead atoms. The highest BCUT2D eigenvalue weighted by Gasteiger charge is 2.54. The zero-order chi connectivity index (χ0) is 17.3. The van der Waals surface area contributed by atoms with Gasteiger partial charge < -0.3 is 9.84 Å². The number of carbonyl (C=O) groups excluding carboxylic acids is 1. The Morgan fingerprint density at radius 2 is 1.74 bits per heavy atom. The summed E-state index contributed by atoms with van der Waals surface area (Å²) in [7, 11) is 0. The molecule has 0 aromatic rings. The summed E-state index contributed by atoms with van der Waals surface area (Å²) in [5.74, 6) is -1.57. The first-order chi connectivity index (χ1) is 11.0. The van der Waals surface area contributed by atoms with Gasteiger partial charge in [0.2, 0.25) is 0 Å². The fourth-order valence-electron chi connectivity index (χ4n) is 4.19. The van der Waals surface area contributed by atoms with Crippen LogP contribution in [0.2, 0.25) is 0 Å². The lowest BCUT2D eigenvalue weighted by Gasteiger charge is -2.41. The van der Waals surface area contributed by atoms with E-state index in [1.54, 1.807) is 0 Å². The van der Waals surface area contributed by atoms with Gasteiger partial charge in [0, 0.05) is 0 Å². The fraction of sp³-hybridized carbons (Fsp3) is 0.895. The monoisotopic (exact) mass is 326 g/mol. The lowest BCUT2D eigenvalue weighted by atomic mass is 9.62. The van der Waals surface area contributed by atoms with Crippen LogP contribution in [0.4, 0.5) is 0 Å². The van der Waals surface area contributed by atoms with E-state index in [2.05, 4.69) is 13.8 Å². The number of rotatable bonds is 11. The summed E-state index contributed by atoms with van der Waals surface area (Å²) >= 11 is 0. The Bertz CT molecular complexity index is 374. The summed E-state index contributed by atoms with van der Waals surface area (Å²) in [6.45, 7) is 6.44. The number of aliphatic carboxylic acids is 1. The first kappa shape index (κ1) is 20.0. The molecule has 0 amide bonds. The number of ether oxygens (including phenoxy) is 1. The van der Waals surface area contributed by atoms with E-state index in [-0.39, 0.29) is 11.9 Å². The second-order valence-corrected chi connectivity index (χ2v) is 6.91. The van der Waals surface area contributed by atoms with E-state index in [1.807, 2.05) is 6.92 Å². The van der Waals surface area contributed by atoms with Gasteiger partial charge in [-0.25, -0.2) is 0 Å². The highest BCUT2D eigenvalue weighted by molar-refractivity contribution is 5.85. The minimum absolute atomic E-state index is 0.157. The van der Waals surface area contributed by atoms with Gasteiger partial charge in [-0.05, 0) is 38.0 Å². The van der Waals surface area contributed by atoms with Crippen molar-refractivity contribution in [3.05, 3.63) is 0 Å². The molecule has 4 nitrogen and oxygen atoms in total. The number of carboxylic acid groups (broad SMARTS) is 1. The minimum atomic E-state index is -0.844. The predicted octanol–water partition coefficient (Wildman–Crippen LogP) is 4.81. The van der Waals surface area contributed by atoms with Crippen molar-refractivity contribution in [2.24, 2.45) is 17.3 Å². The maximum atomic E-state index is 13.1. The summed E-state index contributed by atoms with van der Waals surface area (Å²) in [5.41, 5.74) is -0.833. The van der Waals surface area contributed by atoms with E-state index in [4.69, 9.17) is 4.74 Å². The summed E-state index contributed by atoms with van der Waals surface area (Å²) in [6.07, 6.45) is 8.87. The van der Waals surface area contributed by atoms with E-state index in [0.29, 0.717) is 19.4 Å². The van der Waals surface area contributed by atoms with Crippen LogP contribution < -0.4 is 0 Å². The number of unbranched alkanes of at least 4 members (excludes halogenated alkanes) is 2. The van der Waals surface area contributed by atoms with Crippen LogP contribution in [0, 0.1) is 17.3 Å². The molecule has 0 heterocycles. The van der Waals surface area contributed by atoms with Crippen molar-refractivity contribution in [3.63, 3.8) is 0 Å². The molecule has 2 atom stereocenters. The summed E-state index contributed by atoms with van der Waals surface area (Å²) in [6, 6.07) is 0. The fourth-order valence-corrected chi connectivity index (χ4v) is 4.19. The summed E-state index contributed by atoms with van der Waals surface area (Å²) in [4.78, 5) is 25.0. The van der Waals surface area contributed by atoms with Crippen molar-refractivity contribution in [1.82, 2.24) is 0 Å². The van der Waals surface area contributed by atoms with E-state index in [9.17, 15) is 14.7 Å². The zero-order valence-corrected chi connectivity index (χ0v) is 15.1. The Balaban J connectivity index is 3.15. The molecule has 0 aliphatic heterocycles. The van der Waals surface area contributed by atoms with Crippen molar-refractivity contribution < 1.29 is 19.4 Å². The minimum Gasteiger partial charge on any atom is -0.481 e. The second kappa shape index (κ2) is 9.94. The summed E-state index contributed by atoms with van der Waals surface area (Å²) in [5, 5.41) is 9.78. The smallest absolute Gasteiger partial charge is 0.313 e. The number of esters is 1. The second-order valence-electron chi connectivity index (χ2n) is 6.91. The molecule has 1 saturated carbocycles. The van der Waals surface area contributed by atoms with Gasteiger partial charge in [0.25, 0.3) is 0 Å². The molecule has 0 radical (unpaired) electrons. The molecule has 1 rings (SSSR count). The number of hydrogen-bond acceptors (Lipinski definition) is 3. The molecule has 23 heavy (non-hydrogen) atoms. The van der Waals surface area contributed by atoms with Crippen LogP contribution in [0.5, 0.6) is 0 Å². The molecule has 0 spiro atoms. The molecular formula is C19H34O4. The number of carbonyl (C=O) groups is 2. The lowest BCUT2D eigenvalue weighted by Crippen LogP contribution is -2.48. The third kappa shape index (κ3) is 4.71. The molecule has 0 saturated heterocycles. The van der Waals surface area contributed by atoms with Crippen LogP contribution in [0.15, 0.2) is 0 Å². The molecule has 1 fully saturated rings. The lowest BCUT2D eigenvalue weighted by molar-refractivity contribution is -0.174. The van der Waals surface area contributed by atoms with Gasteiger partial charge in [-0.1, -0.05) is 52.9 Å². The molecule has 0 aromatic heterocycles. The van der Waals surface area contributed by atoms with Crippen molar-refractivity contribution in [3.8, 4) is 0 Å². The van der Waals surface area contributed by atoms with Gasteiger partial charge in [0.05, 0.1) is 17.9 Å². The maximum Gasteiger partial charge on any atom is 0.313 e. The van der Waals surface area contributed by atoms with E-state index in [1.165, 1.54) is 0 Å². The molecule has 2 unspecified atom stereocenters. The normalized spacial score (nSPS) is 19.3. The van der Waals surface area contributed by atoms with Crippen LogP contribution in [0.3, 0.4) is 0 Å². The van der Waals surface area contributed by atoms with Crippen molar-refractivity contribution in [2.45, 2.75) is 85.0 Å². The van der Waals surface area contributed by atoms with Gasteiger partial charge in [0.15, 0.2) is 0 Å². The summed E-state index contributed by atoms with van der Waals surface area (Å²) < 4.78 is 5.59. The first-order valence-electron chi connectivity index (χ1n) is 9.44. The van der Waals surface area contributed by atoms with Crippen LogP contribution in [0.1, 0.15) is 85.0 Å². The first-order valence-corrected chi connectivity index (χ1v) is 9.44. The van der Waals surface area contributed by atoms with Crippen LogP contribution >= 0.6 is 0 Å². The molecule has 134 valence electrons. The van der Waals surface area contributed by atoms with Gasteiger partial charge in [-0.15, -0.1) is 0 Å². The predicted molar refractivity (Wildman–Crippen MR) is 91.2 cm³/mol. The van der Waals surface area contributed by atoms with E-state index >= 15 is 0 Å². The highest BCUT2D eigenvalue weighted by Crippen LogP contribution is 2.50. The molecule has 0 aromatic carbocycles. The van der Waals surface area contributed by atoms with Crippen molar-refractivity contribution >= 4 is 11.9 Å². The SMILES string of the molecule is CCCCOC(=O)C(CCCC)(C1CCCC1)C(CC)C(=O)O. The number of hydrogen-bond donors (Lipinski definition) is 1. The Labute approximate surface area is 141 Å². The standard InChI is InChI=1S/C19H34O4/c1-4-7-13-19(15-11-9-10-12-15,16(6-3)17(20)21)18(22)23-14-8-5-2/h15-16H,4-14H2,1-3H3,(H,20,21). The Morgan fingerprint density at radius 3 is 2.22 bits per heavy atom. The van der Waals surface area contributed by atoms with Crippen LogP contribution in [0.25, 0.3) is 0 Å². The van der Waals surface area contributed by atoms with Gasteiger partial charge >= 0.3 is 11.9 Å². The van der Waals surface area contributed by atoms with Gasteiger partial charge in [-0.2, -0.15) is 0 Å². The van der Waals surface area contributed by atoms with Gasteiger partial charge in [-0.3, -0.25) is 9.59 Å². The van der Waals surface area contributed by atoms with Gasteiger partial charge in [0.1, 0.15) is 0 Å². The van der Waals surface area contributed by atoms with E-state index < -0.39 is 17.3 Å². The molecule has 4 heteroatoms. The van der Waals surface area contributed by atoms with Crippen LogP contribution in [-0.2, 0) is 14.3 Å². The Hall–Kier alpha value is -1.06. The third-order valence-corrected chi connectivity index (χ3v) is 5.47. The zero-order valence-electron chi connectivity index (χ0n) is 15.1. The Morgan fingerprint density at radius 1 is 1.13 bits per heavy atom. The van der Waals surface area contributed by atoms with Crippen LogP contribution in [-0.4, -0.2) is 23.7 Å². The molecular weight excluding hydrogens is 292 g/mol. The van der Waals surface area contributed by atoms with E-state index in [0.717, 1.165) is 51.4 Å². The maximum absolute atomic E-state index is 13.1. The van der Waals surface area contributed by atoms with Crippen molar-refractivity contribution in [2.75, 3.05) is 6.61 Å². The molecule has 1 N–H and O–H groups in total. The third-order valence-electron chi connectivity index (χ3n) is 5.47. The molecule has 1 aliphatic carbocycles. The Kier molecular flexibility index (Phi) is 8.64. The number of carboxylic acids is 1. The average molecular weight is 326 g/mol. The highest BCUT2D eigenvalue weighted by atomic mass is 16.5. The molecule has 1 aliphatic rings. The largest absolute Gasteiger partial charge is 0.481 e. The average Bonchev–Trinajstić information content (AvgIpc) is 3.05. The van der Waals surface area contributed by atoms with Crippen molar-refractivity contribution in [1.29, 1.82) is 0 Å². The topological polar surface area (TPSA) is 63.6 Å². The quantitative estimate of drug-likeness (QED) is 0.437.